The summed E-state index contributed by atoms with van der Waals surface area (Å²) in [5, 5.41) is 11.6. The van der Waals surface area contributed by atoms with E-state index >= 15 is 0 Å². The summed E-state index contributed by atoms with van der Waals surface area (Å²) < 4.78 is 2.06. The van der Waals surface area contributed by atoms with E-state index in [9.17, 15) is 9.90 Å². The topological polar surface area (TPSA) is 54.6 Å². The van der Waals surface area contributed by atoms with Crippen LogP contribution >= 0.6 is 23.6 Å². The molecule has 0 radical (unpaired) electrons. The molecule has 0 saturated carbocycles. The third-order valence-electron chi connectivity index (χ3n) is 3.26. The molecule has 2 heterocycles. The van der Waals surface area contributed by atoms with E-state index < -0.39 is 0 Å². The number of thiazole rings is 1. The number of hydrogen-bond acceptors (Lipinski definition) is 4. The number of carbonyl (C=O) groups is 1. The number of aromatic nitrogens is 1. The lowest BCUT2D eigenvalue weighted by atomic mass is 10.1. The summed E-state index contributed by atoms with van der Waals surface area (Å²) in [6, 6.07) is 5.73. The minimum atomic E-state index is -0.312. The number of hydrogen-bond donors (Lipinski definition) is 1. The molecule has 106 valence electrons. The van der Waals surface area contributed by atoms with Gasteiger partial charge in [0.05, 0.1) is 10.2 Å². The van der Waals surface area contributed by atoms with Gasteiger partial charge in [-0.15, -0.1) is 11.3 Å². The quantitative estimate of drug-likeness (QED) is 0.645. The molecule has 0 fully saturated rings. The van der Waals surface area contributed by atoms with E-state index in [2.05, 4.69) is 4.99 Å². The van der Waals surface area contributed by atoms with Crippen molar-refractivity contribution >= 4 is 41.6 Å². The molecule has 0 atom stereocenters. The number of benzene rings is 1. The summed E-state index contributed by atoms with van der Waals surface area (Å²) in [4.78, 5) is 16.7. The molecular formula is C15H12N2O2S2. The molecule has 1 N–H and O–H groups in total. The van der Waals surface area contributed by atoms with Crippen LogP contribution in [0.15, 0.2) is 28.8 Å². The van der Waals surface area contributed by atoms with E-state index in [1.807, 2.05) is 25.1 Å². The predicted octanol–water partition coefficient (Wildman–Crippen LogP) is 1.85. The molecule has 0 saturated heterocycles. The zero-order valence-corrected chi connectivity index (χ0v) is 13.1. The normalized spacial score (nSPS) is 15.5. The van der Waals surface area contributed by atoms with Gasteiger partial charge >= 0.3 is 0 Å². The van der Waals surface area contributed by atoms with Crippen molar-refractivity contribution in [1.29, 1.82) is 0 Å². The Kier molecular flexibility index (Phi) is 3.35. The Labute approximate surface area is 130 Å². The second-order valence-corrected chi connectivity index (χ2v) is 6.51. The average Bonchev–Trinajstić information content (AvgIpc) is 2.68. The fourth-order valence-corrected chi connectivity index (χ4v) is 3.27. The van der Waals surface area contributed by atoms with Crippen molar-refractivity contribution in [3.05, 3.63) is 48.7 Å². The summed E-state index contributed by atoms with van der Waals surface area (Å²) in [5.74, 6) is -0.249. The smallest absolute Gasteiger partial charge is 0.277 e. The maximum absolute atomic E-state index is 12.1. The highest BCUT2D eigenvalue weighted by Gasteiger charge is 2.13. The molecule has 1 aliphatic rings. The summed E-state index contributed by atoms with van der Waals surface area (Å²) in [6.45, 7) is 1.99. The Bertz CT molecular complexity index is 965. The summed E-state index contributed by atoms with van der Waals surface area (Å²) in [5.41, 5.74) is 1.55. The van der Waals surface area contributed by atoms with Gasteiger partial charge in [0.2, 0.25) is 5.88 Å². The van der Waals surface area contributed by atoms with Gasteiger partial charge in [-0.2, -0.15) is 0 Å². The Balaban J connectivity index is 2.19. The monoisotopic (exact) mass is 316 g/mol. The molecule has 2 aromatic rings. The zero-order valence-electron chi connectivity index (χ0n) is 11.5. The molecule has 1 amide bonds. The van der Waals surface area contributed by atoms with E-state index in [1.165, 1.54) is 15.9 Å². The van der Waals surface area contributed by atoms with Crippen LogP contribution in [0.5, 0.6) is 5.88 Å². The van der Waals surface area contributed by atoms with Crippen molar-refractivity contribution in [2.24, 2.45) is 12.0 Å². The van der Waals surface area contributed by atoms with E-state index in [0.29, 0.717) is 19.8 Å². The largest absolute Gasteiger partial charge is 0.493 e. The highest BCUT2D eigenvalue weighted by molar-refractivity contribution is 7.73. The molecule has 3 rings (SSSR count). The SMILES string of the molecule is Cc1ccc2c(c1)=C/C(=C/c1sc(=S)n(C)c1O)C(=O)N=2. The Morgan fingerprint density at radius 1 is 1.43 bits per heavy atom. The van der Waals surface area contributed by atoms with Crippen LogP contribution in [-0.2, 0) is 11.8 Å². The number of amides is 1. The van der Waals surface area contributed by atoms with Crippen LogP contribution in [-0.4, -0.2) is 15.6 Å². The molecule has 0 spiro atoms. The van der Waals surface area contributed by atoms with Gasteiger partial charge in [-0.25, -0.2) is 4.99 Å². The Morgan fingerprint density at radius 3 is 2.86 bits per heavy atom. The Hall–Kier alpha value is -2.05. The molecule has 1 aromatic heterocycles. The molecule has 4 nitrogen and oxygen atoms in total. The highest BCUT2D eigenvalue weighted by atomic mass is 32.1. The van der Waals surface area contributed by atoms with E-state index in [-0.39, 0.29) is 11.8 Å². The number of carbonyl (C=O) groups excluding carboxylic acids is 1. The van der Waals surface area contributed by atoms with Gasteiger partial charge in [0, 0.05) is 17.8 Å². The third kappa shape index (κ3) is 2.48. The number of fused-ring (bicyclic) bond motifs is 1. The summed E-state index contributed by atoms with van der Waals surface area (Å²) >= 11 is 6.37. The summed E-state index contributed by atoms with van der Waals surface area (Å²) in [7, 11) is 1.69. The van der Waals surface area contributed by atoms with Crippen LogP contribution in [0, 0.1) is 10.9 Å². The van der Waals surface area contributed by atoms with E-state index in [1.54, 1.807) is 19.2 Å². The van der Waals surface area contributed by atoms with Gasteiger partial charge in [0.1, 0.15) is 0 Å². The van der Waals surface area contributed by atoms with Crippen LogP contribution in [0.4, 0.5) is 0 Å². The molecule has 1 aliphatic heterocycles. The lowest BCUT2D eigenvalue weighted by Gasteiger charge is -2.03. The fraction of sp³-hybridized carbons (Fsp3) is 0.133. The molecule has 0 unspecified atom stereocenters. The van der Waals surface area contributed by atoms with Gasteiger partial charge in [0.25, 0.3) is 5.91 Å². The molecule has 0 aliphatic carbocycles. The van der Waals surface area contributed by atoms with Crippen LogP contribution in [0.25, 0.3) is 12.2 Å². The van der Waals surface area contributed by atoms with Gasteiger partial charge in [-0.3, -0.25) is 9.36 Å². The van der Waals surface area contributed by atoms with Crippen molar-refractivity contribution in [3.63, 3.8) is 0 Å². The second kappa shape index (κ2) is 5.05. The van der Waals surface area contributed by atoms with Crippen LogP contribution < -0.4 is 10.6 Å². The lowest BCUT2D eigenvalue weighted by Crippen LogP contribution is -2.30. The van der Waals surface area contributed by atoms with Gasteiger partial charge < -0.3 is 5.11 Å². The predicted molar refractivity (Wildman–Crippen MR) is 85.2 cm³/mol. The molecule has 1 aromatic carbocycles. The Morgan fingerprint density at radius 2 is 2.19 bits per heavy atom. The first-order valence-corrected chi connectivity index (χ1v) is 7.50. The highest BCUT2D eigenvalue weighted by Crippen LogP contribution is 2.27. The number of rotatable bonds is 1. The molecular weight excluding hydrogens is 304 g/mol. The minimum Gasteiger partial charge on any atom is -0.493 e. The van der Waals surface area contributed by atoms with Crippen molar-refractivity contribution < 1.29 is 9.90 Å². The number of aryl methyl sites for hydroxylation is 1. The van der Waals surface area contributed by atoms with Gasteiger partial charge in [-0.1, -0.05) is 11.6 Å². The summed E-state index contributed by atoms with van der Waals surface area (Å²) in [6.07, 6.45) is 3.42. The molecule has 21 heavy (non-hydrogen) atoms. The standard InChI is InChI=1S/C15H12N2O2S2/c1-8-3-4-11-9(5-8)6-10(13(18)16-11)7-12-14(19)17(2)15(20)21-12/h3-7,19H,1-2H3/b10-7-. The van der Waals surface area contributed by atoms with E-state index in [0.717, 1.165) is 10.8 Å². The van der Waals surface area contributed by atoms with Crippen LogP contribution in [0.1, 0.15) is 10.4 Å². The lowest BCUT2D eigenvalue weighted by molar-refractivity contribution is -0.114. The maximum atomic E-state index is 12.1. The average molecular weight is 316 g/mol. The zero-order chi connectivity index (χ0) is 15.1. The number of nitrogens with zero attached hydrogens (tertiary/aromatic N) is 2. The fourth-order valence-electron chi connectivity index (χ4n) is 2.09. The van der Waals surface area contributed by atoms with Gasteiger partial charge in [-0.05, 0) is 43.4 Å². The first-order valence-electron chi connectivity index (χ1n) is 6.27. The molecule has 6 heteroatoms. The van der Waals surface area contributed by atoms with Crippen molar-refractivity contribution in [2.75, 3.05) is 0 Å². The first-order chi connectivity index (χ1) is 9.95. The minimum absolute atomic E-state index is 0.0636. The van der Waals surface area contributed by atoms with Crippen LogP contribution in [0.2, 0.25) is 0 Å². The number of aromatic hydroxyl groups is 1. The van der Waals surface area contributed by atoms with E-state index in [4.69, 9.17) is 12.2 Å². The van der Waals surface area contributed by atoms with Crippen molar-refractivity contribution in [1.82, 2.24) is 4.57 Å². The third-order valence-corrected chi connectivity index (χ3v) is 4.75. The van der Waals surface area contributed by atoms with Gasteiger partial charge in [0.15, 0.2) is 3.95 Å². The second-order valence-electron chi connectivity index (χ2n) is 4.84. The maximum Gasteiger partial charge on any atom is 0.277 e. The van der Waals surface area contributed by atoms with Crippen molar-refractivity contribution in [2.45, 2.75) is 6.92 Å². The van der Waals surface area contributed by atoms with Crippen LogP contribution in [0.3, 0.4) is 0 Å². The van der Waals surface area contributed by atoms with Crippen molar-refractivity contribution in [3.8, 4) is 5.88 Å². The molecule has 0 bridgehead atoms. The first kappa shape index (κ1) is 13.9.